The molecule has 6 nitrogen and oxygen atoms in total. The summed E-state index contributed by atoms with van der Waals surface area (Å²) in [6.45, 7) is 2.11. The van der Waals surface area contributed by atoms with Gasteiger partial charge in [0.1, 0.15) is 23.3 Å². The largest absolute Gasteiger partial charge is 0.497 e. The van der Waals surface area contributed by atoms with Crippen LogP contribution in [0.5, 0.6) is 17.2 Å². The van der Waals surface area contributed by atoms with Crippen LogP contribution in [0.4, 0.5) is 5.69 Å². The Morgan fingerprint density at radius 3 is 2.15 bits per heavy atom. The van der Waals surface area contributed by atoms with Crippen molar-refractivity contribution in [2.24, 2.45) is 7.05 Å². The first-order valence-corrected chi connectivity index (χ1v) is 11.5. The van der Waals surface area contributed by atoms with Gasteiger partial charge in [0.25, 0.3) is 0 Å². The second-order valence-electron chi connectivity index (χ2n) is 8.23. The number of methoxy groups -OCH3 is 1. The monoisotopic (exact) mass is 470 g/mol. The van der Waals surface area contributed by atoms with E-state index in [0.29, 0.717) is 5.11 Å². The van der Waals surface area contributed by atoms with Gasteiger partial charge in [-0.1, -0.05) is 6.07 Å². The highest BCUT2D eigenvalue weighted by Gasteiger charge is 2.41. The van der Waals surface area contributed by atoms with Crippen LogP contribution in [-0.2, 0) is 7.05 Å². The third-order valence-corrected chi connectivity index (χ3v) is 6.54. The number of anilines is 1. The molecule has 4 aromatic rings. The van der Waals surface area contributed by atoms with Gasteiger partial charge in [-0.25, -0.2) is 0 Å². The quantitative estimate of drug-likeness (QED) is 0.365. The van der Waals surface area contributed by atoms with Gasteiger partial charge in [-0.15, -0.1) is 0 Å². The summed E-state index contributed by atoms with van der Waals surface area (Å²) in [7, 11) is 3.74. The number of aromatic nitrogens is 2. The van der Waals surface area contributed by atoms with Crippen LogP contribution in [0.2, 0.25) is 0 Å². The molecule has 0 bridgehead atoms. The molecule has 1 saturated heterocycles. The number of thiocarbonyl (C=S) groups is 1. The van der Waals surface area contributed by atoms with E-state index in [1.54, 1.807) is 7.11 Å². The number of nitrogens with zero attached hydrogens (tertiary/aromatic N) is 3. The number of benzene rings is 2. The highest BCUT2D eigenvalue weighted by molar-refractivity contribution is 7.80. The van der Waals surface area contributed by atoms with Crippen molar-refractivity contribution in [2.75, 3.05) is 12.0 Å². The molecule has 0 amide bonds. The van der Waals surface area contributed by atoms with Crippen molar-refractivity contribution in [3.8, 4) is 17.2 Å². The molecule has 3 heterocycles. The Hall–Kier alpha value is -3.84. The molecule has 0 radical (unpaired) electrons. The molecule has 1 aliphatic rings. The first-order chi connectivity index (χ1) is 16.5. The van der Waals surface area contributed by atoms with E-state index in [9.17, 15) is 0 Å². The van der Waals surface area contributed by atoms with Crippen molar-refractivity contribution in [3.05, 3.63) is 102 Å². The number of pyridine rings is 1. The molecule has 2 aromatic carbocycles. The summed E-state index contributed by atoms with van der Waals surface area (Å²) in [5.74, 6) is 2.29. The van der Waals surface area contributed by atoms with E-state index in [1.165, 1.54) is 11.4 Å². The number of nitrogens with one attached hydrogen (secondary N) is 1. The van der Waals surface area contributed by atoms with Crippen LogP contribution in [0, 0.1) is 6.92 Å². The van der Waals surface area contributed by atoms with Gasteiger partial charge in [-0.2, -0.15) is 0 Å². The number of rotatable bonds is 6. The van der Waals surface area contributed by atoms with E-state index in [0.717, 1.165) is 28.6 Å². The average molecular weight is 471 g/mol. The maximum Gasteiger partial charge on any atom is 0.174 e. The first kappa shape index (κ1) is 22.0. The predicted octanol–water partition coefficient (Wildman–Crippen LogP) is 5.71. The van der Waals surface area contributed by atoms with E-state index >= 15 is 0 Å². The van der Waals surface area contributed by atoms with Crippen molar-refractivity contribution < 1.29 is 9.47 Å². The number of hydrogen-bond acceptors (Lipinski definition) is 4. The van der Waals surface area contributed by atoms with Gasteiger partial charge >= 0.3 is 0 Å². The minimum absolute atomic E-state index is 0.0468. The van der Waals surface area contributed by atoms with Gasteiger partial charge in [0.2, 0.25) is 0 Å². The number of aryl methyl sites for hydroxylation is 1. The SMILES string of the molecule is COc1ccc(Oc2ccc(N3C(=S)N[C@H](c4ccccn4)[C@H]3c3ccc(C)n3C)cc2)cc1. The van der Waals surface area contributed by atoms with Crippen LogP contribution in [0.3, 0.4) is 0 Å². The lowest BCUT2D eigenvalue weighted by molar-refractivity contribution is 0.413. The van der Waals surface area contributed by atoms with Gasteiger partial charge in [0.05, 0.1) is 18.8 Å². The Morgan fingerprint density at radius 1 is 0.882 bits per heavy atom. The van der Waals surface area contributed by atoms with Gasteiger partial charge in [0.15, 0.2) is 5.11 Å². The summed E-state index contributed by atoms with van der Waals surface area (Å²) in [5.41, 5.74) is 4.30. The van der Waals surface area contributed by atoms with Crippen LogP contribution in [0.15, 0.2) is 85.1 Å². The molecule has 1 aliphatic heterocycles. The summed E-state index contributed by atoms with van der Waals surface area (Å²) in [5, 5.41) is 4.18. The van der Waals surface area contributed by atoms with Crippen molar-refractivity contribution in [1.82, 2.24) is 14.9 Å². The Bertz CT molecular complexity index is 1290. The highest BCUT2D eigenvalue weighted by Crippen LogP contribution is 2.42. The van der Waals surface area contributed by atoms with Crippen molar-refractivity contribution in [3.63, 3.8) is 0 Å². The van der Waals surface area contributed by atoms with E-state index in [-0.39, 0.29) is 12.1 Å². The maximum atomic E-state index is 6.01. The zero-order valence-electron chi connectivity index (χ0n) is 19.3. The minimum atomic E-state index is -0.0723. The van der Waals surface area contributed by atoms with Crippen LogP contribution >= 0.6 is 12.2 Å². The van der Waals surface area contributed by atoms with E-state index in [1.807, 2.05) is 72.9 Å². The summed E-state index contributed by atoms with van der Waals surface area (Å²) < 4.78 is 13.4. The van der Waals surface area contributed by atoms with Gasteiger partial charge in [-0.05, 0) is 91.9 Å². The molecule has 34 heavy (non-hydrogen) atoms. The maximum absolute atomic E-state index is 6.01. The summed E-state index contributed by atoms with van der Waals surface area (Å²) >= 11 is 5.82. The Morgan fingerprint density at radius 2 is 1.56 bits per heavy atom. The number of ether oxygens (including phenoxy) is 2. The molecule has 0 aliphatic carbocycles. The zero-order chi connectivity index (χ0) is 23.7. The molecule has 7 heteroatoms. The second-order valence-corrected chi connectivity index (χ2v) is 8.61. The standard InChI is InChI=1S/C27H26N4O2S/c1-18-7-16-24(30(18)2)26-25(23-6-4-5-17-28-23)29-27(34)31(26)19-8-10-21(11-9-19)33-22-14-12-20(32-3)13-15-22/h4-17,25-26H,1-3H3,(H,29,34)/t25-,26-/m1/s1. The molecular formula is C27H26N4O2S. The Kier molecular flexibility index (Phi) is 5.94. The predicted molar refractivity (Wildman–Crippen MR) is 138 cm³/mol. The first-order valence-electron chi connectivity index (χ1n) is 11.1. The highest BCUT2D eigenvalue weighted by atomic mass is 32.1. The molecule has 0 saturated carbocycles. The second kappa shape index (κ2) is 9.19. The molecule has 172 valence electrons. The van der Waals surface area contributed by atoms with E-state index < -0.39 is 0 Å². The molecule has 0 unspecified atom stereocenters. The van der Waals surface area contributed by atoms with Crippen LogP contribution in [0.25, 0.3) is 0 Å². The van der Waals surface area contributed by atoms with Crippen LogP contribution < -0.4 is 19.7 Å². The molecule has 2 atom stereocenters. The molecule has 0 spiro atoms. The fourth-order valence-corrected chi connectivity index (χ4v) is 4.66. The fraction of sp³-hybridized carbons (Fsp3) is 0.185. The summed E-state index contributed by atoms with van der Waals surface area (Å²) in [6.07, 6.45) is 1.82. The van der Waals surface area contributed by atoms with Crippen LogP contribution in [0.1, 0.15) is 29.2 Å². The summed E-state index contributed by atoms with van der Waals surface area (Å²) in [6, 6.07) is 25.7. The molecule has 2 aromatic heterocycles. The lowest BCUT2D eigenvalue weighted by Crippen LogP contribution is -2.30. The molecule has 1 fully saturated rings. The minimum Gasteiger partial charge on any atom is -0.497 e. The van der Waals surface area contributed by atoms with Gasteiger partial charge < -0.3 is 24.3 Å². The van der Waals surface area contributed by atoms with Gasteiger partial charge in [-0.3, -0.25) is 4.98 Å². The molecular weight excluding hydrogens is 444 g/mol. The summed E-state index contributed by atoms with van der Waals surface area (Å²) in [4.78, 5) is 6.79. The van der Waals surface area contributed by atoms with E-state index in [4.69, 9.17) is 21.7 Å². The van der Waals surface area contributed by atoms with Crippen molar-refractivity contribution in [1.29, 1.82) is 0 Å². The topological polar surface area (TPSA) is 51.6 Å². The van der Waals surface area contributed by atoms with Crippen molar-refractivity contribution >= 4 is 23.0 Å². The van der Waals surface area contributed by atoms with Crippen LogP contribution in [-0.4, -0.2) is 21.8 Å². The van der Waals surface area contributed by atoms with Gasteiger partial charge in [0, 0.05) is 30.3 Å². The Labute approximate surface area is 204 Å². The molecule has 1 N–H and O–H groups in total. The third-order valence-electron chi connectivity index (χ3n) is 6.22. The third kappa shape index (κ3) is 4.10. The Balaban J connectivity index is 1.47. The van der Waals surface area contributed by atoms with Crippen molar-refractivity contribution in [2.45, 2.75) is 19.0 Å². The number of hydrogen-bond donors (Lipinski definition) is 1. The lowest BCUT2D eigenvalue weighted by atomic mass is 10.0. The average Bonchev–Trinajstić information content (AvgIpc) is 3.39. The lowest BCUT2D eigenvalue weighted by Gasteiger charge is -2.28. The normalized spacial score (nSPS) is 17.5. The zero-order valence-corrected chi connectivity index (χ0v) is 20.1. The van der Waals surface area contributed by atoms with E-state index in [2.05, 4.69) is 45.9 Å². The fourth-order valence-electron chi connectivity index (χ4n) is 4.32. The smallest absolute Gasteiger partial charge is 0.174 e. The molecule has 5 rings (SSSR count).